The highest BCUT2D eigenvalue weighted by atomic mass is 35.5. The molecule has 2 atom stereocenters. The Balaban J connectivity index is 1.79. The molecule has 0 N–H and O–H groups in total. The van der Waals surface area contributed by atoms with Gasteiger partial charge in [0.15, 0.2) is 0 Å². The van der Waals surface area contributed by atoms with E-state index in [0.29, 0.717) is 5.88 Å². The van der Waals surface area contributed by atoms with E-state index in [-0.39, 0.29) is 5.82 Å². The maximum Gasteiger partial charge on any atom is 0.123 e. The predicted molar refractivity (Wildman–Crippen MR) is 81.9 cm³/mol. The topological polar surface area (TPSA) is 6.48 Å². The van der Waals surface area contributed by atoms with E-state index in [0.717, 1.165) is 36.3 Å². The molecule has 0 radical (unpaired) electrons. The minimum absolute atomic E-state index is 0.198. The summed E-state index contributed by atoms with van der Waals surface area (Å²) in [5.74, 6) is 0.907. The van der Waals surface area contributed by atoms with Crippen LogP contribution in [0.25, 0.3) is 0 Å². The van der Waals surface area contributed by atoms with E-state index in [2.05, 4.69) is 16.8 Å². The van der Waals surface area contributed by atoms with E-state index in [4.69, 9.17) is 11.6 Å². The third-order valence-electron chi connectivity index (χ3n) is 4.87. The Labute approximate surface area is 125 Å². The molecule has 110 valence electrons. The zero-order chi connectivity index (χ0) is 14.1. The smallest absolute Gasteiger partial charge is 0.123 e. The third-order valence-corrected chi connectivity index (χ3v) is 5.16. The van der Waals surface area contributed by atoms with Gasteiger partial charge >= 0.3 is 0 Å². The molecule has 2 unspecified atom stereocenters. The number of rotatable bonds is 2. The standard InChI is InChI=1S/C16H22ClFN2/c1-19-7-2-3-12-11-20(8-6-15(12)19)16-5-4-14(18)9-13(16)10-17/h4-5,9,12,15H,2-3,6-8,10-11H2,1H3. The van der Waals surface area contributed by atoms with Crippen LogP contribution in [-0.2, 0) is 5.88 Å². The van der Waals surface area contributed by atoms with Gasteiger partial charge in [-0.25, -0.2) is 4.39 Å². The van der Waals surface area contributed by atoms with Crippen LogP contribution in [-0.4, -0.2) is 37.6 Å². The first kappa shape index (κ1) is 14.2. The number of benzene rings is 1. The third kappa shape index (κ3) is 2.66. The number of likely N-dealkylation sites (tertiary alicyclic amines) is 1. The van der Waals surface area contributed by atoms with E-state index in [1.807, 2.05) is 6.07 Å². The van der Waals surface area contributed by atoms with Crippen molar-refractivity contribution in [3.8, 4) is 0 Å². The molecule has 3 rings (SSSR count). The van der Waals surface area contributed by atoms with Gasteiger partial charge in [0.25, 0.3) is 0 Å². The van der Waals surface area contributed by atoms with Crippen LogP contribution < -0.4 is 4.90 Å². The zero-order valence-electron chi connectivity index (χ0n) is 12.0. The number of halogens is 2. The maximum absolute atomic E-state index is 13.3. The van der Waals surface area contributed by atoms with E-state index >= 15 is 0 Å². The van der Waals surface area contributed by atoms with Crippen LogP contribution in [0.1, 0.15) is 24.8 Å². The lowest BCUT2D eigenvalue weighted by Crippen LogP contribution is -2.52. The number of fused-ring (bicyclic) bond motifs is 1. The summed E-state index contributed by atoms with van der Waals surface area (Å²) in [5, 5.41) is 0. The van der Waals surface area contributed by atoms with Gasteiger partial charge in [-0.1, -0.05) is 0 Å². The van der Waals surface area contributed by atoms with Gasteiger partial charge in [-0.3, -0.25) is 0 Å². The molecule has 2 aliphatic heterocycles. The first-order chi connectivity index (χ1) is 9.69. The van der Waals surface area contributed by atoms with Crippen LogP contribution in [0, 0.1) is 11.7 Å². The Bertz CT molecular complexity index is 480. The van der Waals surface area contributed by atoms with E-state index in [1.165, 1.54) is 25.8 Å². The highest BCUT2D eigenvalue weighted by molar-refractivity contribution is 6.17. The molecule has 4 heteroatoms. The molecule has 0 spiro atoms. The molecular formula is C16H22ClFN2. The maximum atomic E-state index is 13.3. The van der Waals surface area contributed by atoms with Gasteiger partial charge in [0.1, 0.15) is 5.82 Å². The molecule has 0 amide bonds. The number of nitrogens with zero attached hydrogens (tertiary/aromatic N) is 2. The highest BCUT2D eigenvalue weighted by Crippen LogP contribution is 2.33. The Hall–Kier alpha value is -0.800. The van der Waals surface area contributed by atoms with Crippen molar-refractivity contribution < 1.29 is 4.39 Å². The summed E-state index contributed by atoms with van der Waals surface area (Å²) in [4.78, 5) is 4.91. The molecule has 2 aliphatic rings. The van der Waals surface area contributed by atoms with Gasteiger partial charge in [-0.15, -0.1) is 11.6 Å². The first-order valence-electron chi connectivity index (χ1n) is 7.48. The van der Waals surface area contributed by atoms with Gasteiger partial charge in [0.2, 0.25) is 0 Å². The first-order valence-corrected chi connectivity index (χ1v) is 8.02. The van der Waals surface area contributed by atoms with Crippen LogP contribution in [0.2, 0.25) is 0 Å². The van der Waals surface area contributed by atoms with Crippen molar-refractivity contribution in [3.63, 3.8) is 0 Å². The summed E-state index contributed by atoms with van der Waals surface area (Å²) >= 11 is 5.98. The van der Waals surface area contributed by atoms with E-state index < -0.39 is 0 Å². The van der Waals surface area contributed by atoms with E-state index in [9.17, 15) is 4.39 Å². The predicted octanol–water partition coefficient (Wildman–Crippen LogP) is 3.49. The Morgan fingerprint density at radius 2 is 2.15 bits per heavy atom. The highest BCUT2D eigenvalue weighted by Gasteiger charge is 2.34. The monoisotopic (exact) mass is 296 g/mol. The molecular weight excluding hydrogens is 275 g/mol. The van der Waals surface area contributed by atoms with Gasteiger partial charge in [-0.05, 0) is 62.5 Å². The van der Waals surface area contributed by atoms with Crippen LogP contribution in [0.5, 0.6) is 0 Å². The second-order valence-corrected chi connectivity index (χ2v) is 6.36. The second-order valence-electron chi connectivity index (χ2n) is 6.09. The summed E-state index contributed by atoms with van der Waals surface area (Å²) in [6.45, 7) is 3.34. The van der Waals surface area contributed by atoms with Crippen LogP contribution in [0.3, 0.4) is 0 Å². The minimum Gasteiger partial charge on any atom is -0.371 e. The molecule has 2 saturated heterocycles. The van der Waals surface area contributed by atoms with Crippen molar-refractivity contribution >= 4 is 17.3 Å². The van der Waals surface area contributed by atoms with Crippen LogP contribution >= 0.6 is 11.6 Å². The Kier molecular flexibility index (Phi) is 4.18. The molecule has 0 aromatic heterocycles. The van der Waals surface area contributed by atoms with Gasteiger partial charge < -0.3 is 9.80 Å². The largest absolute Gasteiger partial charge is 0.371 e. The fourth-order valence-electron chi connectivity index (χ4n) is 3.84. The molecule has 0 saturated carbocycles. The van der Waals surface area contributed by atoms with Crippen molar-refractivity contribution in [1.82, 2.24) is 4.90 Å². The zero-order valence-corrected chi connectivity index (χ0v) is 12.7. The minimum atomic E-state index is -0.198. The van der Waals surface area contributed by atoms with Crippen molar-refractivity contribution in [2.75, 3.05) is 31.6 Å². The Morgan fingerprint density at radius 3 is 2.95 bits per heavy atom. The number of piperidine rings is 2. The van der Waals surface area contributed by atoms with Crippen molar-refractivity contribution in [2.45, 2.75) is 31.2 Å². The quantitative estimate of drug-likeness (QED) is 0.771. The molecule has 0 aliphatic carbocycles. The number of hydrogen-bond acceptors (Lipinski definition) is 2. The average molecular weight is 297 g/mol. The summed E-state index contributed by atoms with van der Waals surface area (Å²) < 4.78 is 13.3. The lowest BCUT2D eigenvalue weighted by molar-refractivity contribution is 0.102. The van der Waals surface area contributed by atoms with Crippen LogP contribution in [0.4, 0.5) is 10.1 Å². The molecule has 0 bridgehead atoms. The lowest BCUT2D eigenvalue weighted by Gasteiger charge is -2.47. The van der Waals surface area contributed by atoms with Gasteiger partial charge in [-0.2, -0.15) is 0 Å². The SMILES string of the molecule is CN1CCCC2CN(c3ccc(F)cc3CCl)CCC21. The van der Waals surface area contributed by atoms with Crippen LogP contribution in [0.15, 0.2) is 18.2 Å². The molecule has 1 aromatic carbocycles. The number of alkyl halides is 1. The summed E-state index contributed by atoms with van der Waals surface area (Å²) in [6, 6.07) is 5.73. The fraction of sp³-hybridized carbons (Fsp3) is 0.625. The van der Waals surface area contributed by atoms with Crippen molar-refractivity contribution in [2.24, 2.45) is 5.92 Å². The number of anilines is 1. The summed E-state index contributed by atoms with van der Waals surface area (Å²) in [7, 11) is 2.24. The molecule has 20 heavy (non-hydrogen) atoms. The fourth-order valence-corrected chi connectivity index (χ4v) is 4.05. The molecule has 2 heterocycles. The molecule has 2 nitrogen and oxygen atoms in total. The Morgan fingerprint density at radius 1 is 1.30 bits per heavy atom. The van der Waals surface area contributed by atoms with E-state index in [1.54, 1.807) is 12.1 Å². The van der Waals surface area contributed by atoms with Crippen molar-refractivity contribution in [3.05, 3.63) is 29.6 Å². The second kappa shape index (κ2) is 5.90. The molecule has 1 aromatic rings. The van der Waals surface area contributed by atoms with Gasteiger partial charge in [0.05, 0.1) is 0 Å². The average Bonchev–Trinajstić information content (AvgIpc) is 2.47. The molecule has 2 fully saturated rings. The number of hydrogen-bond donors (Lipinski definition) is 0. The lowest BCUT2D eigenvalue weighted by atomic mass is 9.84. The summed E-state index contributed by atoms with van der Waals surface area (Å²) in [6.07, 6.45) is 3.79. The normalized spacial score (nSPS) is 27.4. The van der Waals surface area contributed by atoms with Gasteiger partial charge in [0, 0.05) is 30.7 Å². The summed E-state index contributed by atoms with van der Waals surface area (Å²) in [5.41, 5.74) is 2.03. The van der Waals surface area contributed by atoms with Crippen molar-refractivity contribution in [1.29, 1.82) is 0 Å².